The molecule has 8 heterocycles. The summed E-state index contributed by atoms with van der Waals surface area (Å²) in [6.45, 7) is 29.7. The van der Waals surface area contributed by atoms with E-state index in [1.54, 1.807) is 61.5 Å². The van der Waals surface area contributed by atoms with Crippen LogP contribution in [0.3, 0.4) is 0 Å². The molecule has 2 aromatic heterocycles. The first kappa shape index (κ1) is 90.5. The second kappa shape index (κ2) is 34.0. The predicted octanol–water partition coefficient (Wildman–Crippen LogP) is 11.7. The van der Waals surface area contributed by atoms with E-state index in [0.29, 0.717) is 137 Å². The molecule has 2 saturated heterocycles. The molecule has 0 radical (unpaired) electrons. The average molecular weight is 1730 g/mol. The number of esters is 2. The molecule has 28 nitrogen and oxygen atoms in total. The highest BCUT2D eigenvalue weighted by molar-refractivity contribution is 7.92. The quantitative estimate of drug-likeness (QED) is 0.0267. The number of amides is 6. The van der Waals surface area contributed by atoms with E-state index < -0.39 is 143 Å². The molecule has 2 aromatic carbocycles. The van der Waals surface area contributed by atoms with Gasteiger partial charge in [-0.15, -0.1) is 0 Å². The number of carbonyl (C=O) groups is 8. The number of benzene rings is 2. The highest BCUT2D eigenvalue weighted by Crippen LogP contribution is 2.53. The van der Waals surface area contributed by atoms with Gasteiger partial charge < -0.3 is 58.4 Å². The van der Waals surface area contributed by atoms with Crippen LogP contribution in [0.4, 0.5) is 0 Å². The highest BCUT2D eigenvalue weighted by atomic mass is 32.2. The zero-order chi connectivity index (χ0) is 87.6. The van der Waals surface area contributed by atoms with Gasteiger partial charge in [-0.1, -0.05) is 70.8 Å². The number of ether oxygens (including phenoxy) is 6. The number of carbonyl (C=O) groups excluding carboxylic acids is 8. The van der Waals surface area contributed by atoms with Gasteiger partial charge in [0.1, 0.15) is 81.8 Å². The van der Waals surface area contributed by atoms with Crippen molar-refractivity contribution in [2.45, 2.75) is 317 Å². The number of aromatic nitrogens is 2. The molecule has 10 aliphatic rings. The first-order valence-electron chi connectivity index (χ1n) is 43.6. The van der Waals surface area contributed by atoms with Crippen LogP contribution < -0.4 is 39.0 Å². The zero-order valence-corrected chi connectivity index (χ0v) is 75.9. The van der Waals surface area contributed by atoms with E-state index in [9.17, 15) is 60.3 Å². The fraction of sp³-hybridized carbons (Fsp3) is 0.667. The van der Waals surface area contributed by atoms with Gasteiger partial charge >= 0.3 is 11.9 Å². The minimum absolute atomic E-state index is 0.0561. The van der Waals surface area contributed by atoms with Crippen LogP contribution in [0, 0.1) is 37.5 Å². The maximum atomic E-state index is 15.0. The Morgan fingerprint density at radius 2 is 0.975 bits per heavy atom. The number of nitrogens with one attached hydrogen (secondary N) is 4. The standard InChI is InChI=1S/C48H70N4O10SSi.C42H56N4O10S/c1-31-40-35(36-27-34(18-19-37(36)49-31)59-24-25-60-64(9,10)45(5,6)7)20-21-47(62-40)29-38-41(54)50-48(43(56)51-63(57,58)46(8)22-23-46)28-33(48)17-15-13-11-12-14-16-32(42(55)52(38)30-47)26-39(53)61-44(2,3)4;1-26-35-30(31-22-29(54-20-19-47)13-14-32(31)43-26)15-16-41(56-35)24-33-36(49)44-42(38(51)45-57(52,53)40(5)17-18-40)23-28(42)12-10-8-6-7-9-11-27(37(50)46(33)25-41)21-34(48)55-39(2,3)4/h15,17-19,27,32-33,38H,11-14,16,20-26,28-30H2,1-10H3,(H,50,54)(H,51,56);10,12-14,22,27-28,33,47H,6-9,11,15-21,23-25H2,1-5H3,(H,44,49)(H,45,51)/b17-15-;12-10-/t32-,33-,38+,47-,48-;27-,28-,33+,41-,42-/m11/s1. The van der Waals surface area contributed by atoms with Crippen molar-refractivity contribution in [1.82, 2.24) is 39.8 Å². The van der Waals surface area contributed by atoms with Gasteiger partial charge in [-0.3, -0.25) is 47.8 Å². The van der Waals surface area contributed by atoms with Gasteiger partial charge in [0.2, 0.25) is 43.7 Å². The summed E-state index contributed by atoms with van der Waals surface area (Å²) in [5.74, 6) is -4.37. The molecular weight excluding hydrogens is 1610 g/mol. The number of fused-ring (bicyclic) bond motifs is 10. The molecule has 31 heteroatoms. The maximum absolute atomic E-state index is 15.0. The van der Waals surface area contributed by atoms with Gasteiger partial charge in [0.25, 0.3) is 11.8 Å². The maximum Gasteiger partial charge on any atom is 0.307 e. The van der Waals surface area contributed by atoms with Crippen molar-refractivity contribution < 1.29 is 93.1 Å². The SMILES string of the molecule is Cc1nc2ccc(OCCO)cc2c2c1O[C@]1(CC2)C[C@H]2C(=O)N[C@]3(C(=O)NS(=O)(=O)C4(C)CC4)C[C@H]3/C=C\CCCCC[C@H](CC(=O)OC(C)(C)C)C(=O)N2C1.Cc1nc2ccc(OCCO[Si](C)(C)C(C)(C)C)cc2c2c1O[C@]1(CC2)C[C@H]2C(=O)N[C@]3(C(=O)NS(=O)(=O)C4(C)CC4)C[C@H]3/C=C\CCCCC[C@H](CC(=O)OC(C)(C)C)C(=O)N2C1. The molecule has 10 atom stereocenters. The van der Waals surface area contributed by atoms with Crippen molar-refractivity contribution in [3.05, 3.63) is 83.2 Å². The number of rotatable bonds is 18. The number of aryl methyl sites for hydroxylation is 4. The molecule has 4 aromatic rings. The lowest BCUT2D eigenvalue weighted by atomic mass is 9.87. The third-order valence-corrected chi connectivity index (χ3v) is 35.6. The number of allylic oxidation sites excluding steroid dienone is 2. The summed E-state index contributed by atoms with van der Waals surface area (Å²) in [6.07, 6.45) is 18.8. The van der Waals surface area contributed by atoms with Gasteiger partial charge in [0, 0.05) is 58.4 Å². The first-order chi connectivity index (χ1) is 56.7. The summed E-state index contributed by atoms with van der Waals surface area (Å²) in [6, 6.07) is 9.23. The van der Waals surface area contributed by atoms with Crippen LogP contribution in [0.15, 0.2) is 60.7 Å². The molecule has 121 heavy (non-hydrogen) atoms. The Labute approximate surface area is 713 Å². The normalized spacial score (nSPS) is 28.4. The van der Waals surface area contributed by atoms with Gasteiger partial charge in [-0.05, 0) is 227 Å². The van der Waals surface area contributed by atoms with E-state index in [-0.39, 0.29) is 81.7 Å². The summed E-state index contributed by atoms with van der Waals surface area (Å²) >= 11 is 0. The Hall–Kier alpha value is -8.26. The number of sulfonamides is 2. The summed E-state index contributed by atoms with van der Waals surface area (Å²) in [7, 11) is -9.93. The van der Waals surface area contributed by atoms with E-state index in [1.807, 2.05) is 68.5 Å². The Morgan fingerprint density at radius 1 is 0.570 bits per heavy atom. The second-order valence-corrected chi connectivity index (χ2v) is 49.0. The van der Waals surface area contributed by atoms with Crippen molar-refractivity contribution in [2.24, 2.45) is 23.7 Å². The number of hydrogen-bond acceptors (Lipinski definition) is 22. The largest absolute Gasteiger partial charge is 0.491 e. The van der Waals surface area contributed by atoms with Gasteiger partial charge in [-0.2, -0.15) is 0 Å². The van der Waals surface area contributed by atoms with E-state index in [2.05, 4.69) is 53.9 Å². The summed E-state index contributed by atoms with van der Waals surface area (Å²) in [4.78, 5) is 127. The summed E-state index contributed by atoms with van der Waals surface area (Å²) in [5.41, 5.74) is -1.75. The second-order valence-electron chi connectivity index (χ2n) is 39.8. The summed E-state index contributed by atoms with van der Waals surface area (Å²) in [5, 5.41) is 17.1. The monoisotopic (exact) mass is 1730 g/mol. The Kier molecular flexibility index (Phi) is 25.4. The fourth-order valence-electron chi connectivity index (χ4n) is 17.8. The van der Waals surface area contributed by atoms with Crippen LogP contribution >= 0.6 is 0 Å². The molecule has 14 rings (SSSR count). The number of hydrogen-bond donors (Lipinski definition) is 5. The van der Waals surface area contributed by atoms with Crippen LogP contribution in [-0.4, -0.2) is 192 Å². The zero-order valence-electron chi connectivity index (χ0n) is 73.3. The number of nitrogens with zero attached hydrogens (tertiary/aromatic N) is 4. The van der Waals surface area contributed by atoms with Gasteiger partial charge in [-0.25, -0.2) is 26.8 Å². The van der Waals surface area contributed by atoms with Crippen LogP contribution in [0.1, 0.15) is 240 Å². The molecule has 6 aliphatic heterocycles. The smallest absolute Gasteiger partial charge is 0.307 e. The Morgan fingerprint density at radius 3 is 1.36 bits per heavy atom. The van der Waals surface area contributed by atoms with Crippen LogP contribution in [0.25, 0.3) is 21.8 Å². The number of pyridine rings is 2. The van der Waals surface area contributed by atoms with Gasteiger partial charge in [0.05, 0.1) is 71.1 Å². The lowest BCUT2D eigenvalue weighted by Gasteiger charge is -2.37. The summed E-state index contributed by atoms with van der Waals surface area (Å²) < 4.78 is 99.1. The number of aliphatic hydroxyl groups excluding tert-OH is 1. The van der Waals surface area contributed by atoms with Crippen molar-refractivity contribution in [3.8, 4) is 23.0 Å². The van der Waals surface area contributed by atoms with E-state index in [1.165, 1.54) is 9.80 Å². The molecule has 6 amide bonds. The molecular formula is C90H126N8O20S2Si. The first-order valence-corrected chi connectivity index (χ1v) is 49.4. The highest BCUT2D eigenvalue weighted by Gasteiger charge is 2.66. The van der Waals surface area contributed by atoms with E-state index in [0.717, 1.165) is 58.6 Å². The fourth-order valence-corrected chi connectivity index (χ4v) is 21.4. The molecule has 0 unspecified atom stereocenters. The third-order valence-electron chi connectivity index (χ3n) is 26.8. The number of aliphatic hydroxyl groups is 1. The average Bonchev–Trinajstić information content (AvgIpc) is 1.58. The Balaban J connectivity index is 0.000000210. The molecule has 662 valence electrons. The lowest BCUT2D eigenvalue weighted by Crippen LogP contribution is -2.57. The van der Waals surface area contributed by atoms with Crippen molar-refractivity contribution in [1.29, 1.82) is 0 Å². The van der Waals surface area contributed by atoms with Crippen LogP contribution in [0.2, 0.25) is 18.1 Å². The Bertz CT molecular complexity index is 5030. The van der Waals surface area contributed by atoms with Crippen molar-refractivity contribution in [3.63, 3.8) is 0 Å². The molecule has 2 spiro atoms. The molecule has 4 aliphatic carbocycles. The lowest BCUT2D eigenvalue weighted by molar-refractivity contribution is -0.159. The minimum Gasteiger partial charge on any atom is -0.491 e. The topological polar surface area (TPSA) is 370 Å². The van der Waals surface area contributed by atoms with Gasteiger partial charge in [0.15, 0.2) is 8.32 Å². The van der Waals surface area contributed by atoms with Crippen molar-refractivity contribution in [2.75, 3.05) is 39.5 Å². The van der Waals surface area contributed by atoms with Crippen LogP contribution in [0.5, 0.6) is 23.0 Å². The van der Waals surface area contributed by atoms with E-state index in [4.69, 9.17) is 42.8 Å². The molecule has 6 fully saturated rings. The van der Waals surface area contributed by atoms with Crippen LogP contribution in [-0.2, 0) is 85.1 Å². The molecule has 4 saturated carbocycles. The third kappa shape index (κ3) is 19.8. The predicted molar refractivity (Wildman–Crippen MR) is 457 cm³/mol. The molecule has 0 bridgehead atoms. The van der Waals surface area contributed by atoms with Crippen molar-refractivity contribution >= 4 is 97.6 Å². The minimum atomic E-state index is -4.00. The van der Waals surface area contributed by atoms with E-state index >= 15 is 0 Å². The molecule has 5 N–H and O–H groups in total.